The number of para-hydroxylation sites is 1. The number of furan rings is 1. The summed E-state index contributed by atoms with van der Waals surface area (Å²) in [5, 5.41) is 3.67. The molecule has 1 aliphatic rings. The Morgan fingerprint density at radius 1 is 0.677 bits per heavy atom. The van der Waals surface area contributed by atoms with Crippen LogP contribution in [-0.2, 0) is 5.41 Å². The van der Waals surface area contributed by atoms with Crippen LogP contribution >= 0.6 is 0 Å². The second kappa shape index (κ2) is 5.67. The van der Waals surface area contributed by atoms with Crippen molar-refractivity contribution in [3.05, 3.63) is 102 Å². The van der Waals surface area contributed by atoms with Gasteiger partial charge in [-0.15, -0.1) is 0 Å². The monoisotopic (exact) mass is 399 g/mol. The SMILES string of the molecule is CC1(C)c2ccccc2-c2ccc(-n3c4ccccc4c4ccc5occc5c43)cc21. The van der Waals surface area contributed by atoms with Gasteiger partial charge in [0.25, 0.3) is 0 Å². The van der Waals surface area contributed by atoms with Gasteiger partial charge in [-0.05, 0) is 58.7 Å². The first-order valence-corrected chi connectivity index (χ1v) is 10.8. The topological polar surface area (TPSA) is 18.1 Å². The van der Waals surface area contributed by atoms with Gasteiger partial charge in [0.1, 0.15) is 5.58 Å². The van der Waals surface area contributed by atoms with Crippen molar-refractivity contribution in [2.24, 2.45) is 0 Å². The maximum atomic E-state index is 5.75. The number of rotatable bonds is 1. The van der Waals surface area contributed by atoms with Gasteiger partial charge in [0.05, 0.1) is 17.3 Å². The molecule has 148 valence electrons. The molecule has 0 fully saturated rings. The van der Waals surface area contributed by atoms with Crippen molar-refractivity contribution in [3.63, 3.8) is 0 Å². The number of nitrogens with zero attached hydrogens (tertiary/aromatic N) is 1. The van der Waals surface area contributed by atoms with Crippen molar-refractivity contribution in [1.82, 2.24) is 4.57 Å². The number of hydrogen-bond acceptors (Lipinski definition) is 1. The molecule has 0 N–H and O–H groups in total. The summed E-state index contributed by atoms with van der Waals surface area (Å²) in [6.07, 6.45) is 1.79. The Labute approximate surface area is 180 Å². The zero-order valence-electron chi connectivity index (χ0n) is 17.5. The second-order valence-electron chi connectivity index (χ2n) is 9.05. The highest BCUT2D eigenvalue weighted by molar-refractivity contribution is 6.17. The fraction of sp³-hybridized carbons (Fsp3) is 0.103. The third kappa shape index (κ3) is 2.07. The number of benzene rings is 4. The summed E-state index contributed by atoms with van der Waals surface area (Å²) in [7, 11) is 0. The molecule has 0 aliphatic heterocycles. The van der Waals surface area contributed by atoms with E-state index < -0.39 is 0 Å². The van der Waals surface area contributed by atoms with E-state index in [2.05, 4.69) is 103 Å². The molecule has 2 aromatic heterocycles. The molecule has 0 radical (unpaired) electrons. The van der Waals surface area contributed by atoms with E-state index in [4.69, 9.17) is 4.42 Å². The molecule has 1 aliphatic carbocycles. The van der Waals surface area contributed by atoms with Crippen LogP contribution in [0.1, 0.15) is 25.0 Å². The summed E-state index contributed by atoms with van der Waals surface area (Å²) in [5.41, 5.74) is 10.0. The summed E-state index contributed by atoms with van der Waals surface area (Å²) in [4.78, 5) is 0. The molecule has 0 amide bonds. The van der Waals surface area contributed by atoms with Gasteiger partial charge in [-0.1, -0.05) is 62.4 Å². The first-order chi connectivity index (χ1) is 15.1. The zero-order chi connectivity index (χ0) is 20.7. The third-order valence-corrected chi connectivity index (χ3v) is 7.09. The molecule has 6 aromatic rings. The van der Waals surface area contributed by atoms with Gasteiger partial charge in [0, 0.05) is 27.3 Å². The van der Waals surface area contributed by atoms with Crippen LogP contribution in [0.4, 0.5) is 0 Å². The average molecular weight is 399 g/mol. The average Bonchev–Trinajstić information content (AvgIpc) is 3.46. The van der Waals surface area contributed by atoms with Gasteiger partial charge < -0.3 is 8.98 Å². The Balaban J connectivity index is 1.60. The molecular weight excluding hydrogens is 378 g/mol. The quantitative estimate of drug-likeness (QED) is 0.275. The van der Waals surface area contributed by atoms with Crippen molar-refractivity contribution in [2.45, 2.75) is 19.3 Å². The van der Waals surface area contributed by atoms with Gasteiger partial charge in [-0.2, -0.15) is 0 Å². The molecule has 0 saturated carbocycles. The normalized spacial score (nSPS) is 14.4. The van der Waals surface area contributed by atoms with Crippen molar-refractivity contribution in [2.75, 3.05) is 0 Å². The molecule has 0 unspecified atom stereocenters. The fourth-order valence-electron chi connectivity index (χ4n) is 5.60. The van der Waals surface area contributed by atoms with Crippen molar-refractivity contribution in [1.29, 1.82) is 0 Å². The zero-order valence-corrected chi connectivity index (χ0v) is 17.5. The summed E-state index contributed by atoms with van der Waals surface area (Å²) >= 11 is 0. The third-order valence-electron chi connectivity index (χ3n) is 7.09. The van der Waals surface area contributed by atoms with E-state index in [0.29, 0.717) is 0 Å². The lowest BCUT2D eigenvalue weighted by Crippen LogP contribution is -2.15. The Bertz CT molecular complexity index is 1660. The minimum atomic E-state index is -0.0222. The molecule has 2 heterocycles. The van der Waals surface area contributed by atoms with Crippen LogP contribution < -0.4 is 0 Å². The van der Waals surface area contributed by atoms with Gasteiger partial charge in [-0.3, -0.25) is 0 Å². The highest BCUT2D eigenvalue weighted by Gasteiger charge is 2.35. The molecule has 7 rings (SSSR count). The van der Waals surface area contributed by atoms with E-state index in [1.807, 2.05) is 0 Å². The van der Waals surface area contributed by atoms with Gasteiger partial charge >= 0.3 is 0 Å². The Kier molecular flexibility index (Phi) is 3.10. The summed E-state index contributed by atoms with van der Waals surface area (Å²) < 4.78 is 8.15. The van der Waals surface area contributed by atoms with E-state index in [1.54, 1.807) is 6.26 Å². The lowest BCUT2D eigenvalue weighted by molar-refractivity contribution is 0.616. The van der Waals surface area contributed by atoms with Gasteiger partial charge in [0.2, 0.25) is 0 Å². The number of hydrogen-bond donors (Lipinski definition) is 0. The number of fused-ring (bicyclic) bond motifs is 8. The Hall–Kier alpha value is -3.78. The minimum Gasteiger partial charge on any atom is -0.464 e. The molecule has 0 spiro atoms. The molecule has 0 saturated heterocycles. The van der Waals surface area contributed by atoms with E-state index in [0.717, 1.165) is 11.0 Å². The van der Waals surface area contributed by atoms with Crippen molar-refractivity contribution >= 4 is 32.8 Å². The van der Waals surface area contributed by atoms with Crippen molar-refractivity contribution in [3.8, 4) is 16.8 Å². The predicted octanol–water partition coefficient (Wildman–Crippen LogP) is 7.84. The van der Waals surface area contributed by atoms with Crippen molar-refractivity contribution < 1.29 is 4.42 Å². The van der Waals surface area contributed by atoms with Gasteiger partial charge in [0.15, 0.2) is 0 Å². The lowest BCUT2D eigenvalue weighted by atomic mass is 9.82. The van der Waals surface area contributed by atoms with Crippen LogP contribution in [-0.4, -0.2) is 4.57 Å². The van der Waals surface area contributed by atoms with Crippen LogP contribution in [0.25, 0.3) is 49.6 Å². The van der Waals surface area contributed by atoms with Crippen LogP contribution in [0.15, 0.2) is 95.6 Å². The predicted molar refractivity (Wildman–Crippen MR) is 128 cm³/mol. The maximum Gasteiger partial charge on any atom is 0.136 e. The first kappa shape index (κ1) is 17.0. The summed E-state index contributed by atoms with van der Waals surface area (Å²) in [5.74, 6) is 0. The molecule has 4 aromatic carbocycles. The standard InChI is InChI=1S/C29H21NO/c1-29(2)24-9-5-3-7-19(24)20-12-11-18(17-25(20)29)30-26-10-6-4-8-21(26)22-13-14-27-23(28(22)30)15-16-31-27/h3-17H,1-2H3. The smallest absolute Gasteiger partial charge is 0.136 e. The largest absolute Gasteiger partial charge is 0.464 e. The molecule has 0 bridgehead atoms. The summed E-state index contributed by atoms with van der Waals surface area (Å²) in [6.45, 7) is 4.67. The molecule has 2 heteroatoms. The Morgan fingerprint density at radius 2 is 1.48 bits per heavy atom. The first-order valence-electron chi connectivity index (χ1n) is 10.8. The maximum absolute atomic E-state index is 5.75. The van der Waals surface area contributed by atoms with E-state index in [1.165, 1.54) is 49.7 Å². The van der Waals surface area contributed by atoms with Crippen LogP contribution in [0.3, 0.4) is 0 Å². The van der Waals surface area contributed by atoms with E-state index >= 15 is 0 Å². The number of aromatic nitrogens is 1. The highest BCUT2D eigenvalue weighted by Crippen LogP contribution is 2.49. The fourth-order valence-corrected chi connectivity index (χ4v) is 5.60. The van der Waals surface area contributed by atoms with Crippen LogP contribution in [0.2, 0.25) is 0 Å². The molecule has 0 atom stereocenters. The van der Waals surface area contributed by atoms with E-state index in [-0.39, 0.29) is 5.41 Å². The van der Waals surface area contributed by atoms with Gasteiger partial charge in [-0.25, -0.2) is 0 Å². The second-order valence-corrected chi connectivity index (χ2v) is 9.05. The highest BCUT2D eigenvalue weighted by atomic mass is 16.3. The van der Waals surface area contributed by atoms with Crippen LogP contribution in [0, 0.1) is 0 Å². The minimum absolute atomic E-state index is 0.0222. The lowest BCUT2D eigenvalue weighted by Gasteiger charge is -2.22. The molecular formula is C29H21NO. The Morgan fingerprint density at radius 3 is 2.42 bits per heavy atom. The van der Waals surface area contributed by atoms with Crippen LogP contribution in [0.5, 0.6) is 0 Å². The molecule has 31 heavy (non-hydrogen) atoms. The van der Waals surface area contributed by atoms with E-state index in [9.17, 15) is 0 Å². The summed E-state index contributed by atoms with van der Waals surface area (Å²) in [6, 6.07) is 30.8. The molecule has 2 nitrogen and oxygen atoms in total.